The maximum Gasteiger partial charge on any atom is 0.270 e. The van der Waals surface area contributed by atoms with Crippen LogP contribution in [0.5, 0.6) is 0 Å². The van der Waals surface area contributed by atoms with Crippen LogP contribution in [0.4, 0.5) is 5.69 Å². The Balaban J connectivity index is 1.73. The molecule has 0 radical (unpaired) electrons. The van der Waals surface area contributed by atoms with Crippen molar-refractivity contribution in [3.05, 3.63) is 88.8 Å². The summed E-state index contributed by atoms with van der Waals surface area (Å²) in [6.07, 6.45) is 1.65. The van der Waals surface area contributed by atoms with Crippen LogP contribution in [0, 0.1) is 13.8 Å². The number of nitrogens with zero attached hydrogens (tertiary/aromatic N) is 2. The van der Waals surface area contributed by atoms with Gasteiger partial charge in [-0.1, -0.05) is 44.2 Å². The van der Waals surface area contributed by atoms with Gasteiger partial charge in [-0.3, -0.25) is 19.8 Å². The second-order valence-electron chi connectivity index (χ2n) is 8.20. The Morgan fingerprint density at radius 2 is 1.59 bits per heavy atom. The molecule has 1 fully saturated rings. The highest BCUT2D eigenvalue weighted by Crippen LogP contribution is 2.27. The molecule has 0 bridgehead atoms. The van der Waals surface area contributed by atoms with Crippen LogP contribution in [0.2, 0.25) is 0 Å². The molecule has 1 saturated heterocycles. The van der Waals surface area contributed by atoms with Gasteiger partial charge >= 0.3 is 0 Å². The molecule has 1 N–H and O–H groups in total. The van der Waals surface area contributed by atoms with Crippen LogP contribution < -0.4 is 10.2 Å². The summed E-state index contributed by atoms with van der Waals surface area (Å²) >= 11 is 5.32. The molecule has 162 valence electrons. The zero-order valence-electron chi connectivity index (χ0n) is 18.5. The van der Waals surface area contributed by atoms with Crippen molar-refractivity contribution in [2.24, 2.45) is 0 Å². The fourth-order valence-corrected chi connectivity index (χ4v) is 4.24. The van der Waals surface area contributed by atoms with Gasteiger partial charge in [0.15, 0.2) is 5.11 Å². The molecule has 2 amide bonds. The molecule has 32 heavy (non-hydrogen) atoms. The van der Waals surface area contributed by atoms with Crippen molar-refractivity contribution >= 4 is 40.9 Å². The molecule has 5 nitrogen and oxygen atoms in total. The summed E-state index contributed by atoms with van der Waals surface area (Å²) in [6.45, 7) is 8.20. The van der Waals surface area contributed by atoms with Gasteiger partial charge in [0, 0.05) is 17.1 Å². The maximum absolute atomic E-state index is 13.3. The third kappa shape index (κ3) is 3.89. The van der Waals surface area contributed by atoms with Crippen molar-refractivity contribution in [3.8, 4) is 5.69 Å². The monoisotopic (exact) mass is 443 g/mol. The van der Waals surface area contributed by atoms with E-state index in [1.54, 1.807) is 6.08 Å². The van der Waals surface area contributed by atoms with E-state index in [1.807, 2.05) is 74.5 Å². The molecular weight excluding hydrogens is 418 g/mol. The van der Waals surface area contributed by atoms with E-state index in [1.165, 1.54) is 4.90 Å². The second kappa shape index (κ2) is 8.55. The van der Waals surface area contributed by atoms with Crippen LogP contribution in [-0.4, -0.2) is 21.5 Å². The van der Waals surface area contributed by atoms with E-state index in [-0.39, 0.29) is 10.7 Å². The minimum absolute atomic E-state index is 0.0554. The van der Waals surface area contributed by atoms with E-state index >= 15 is 0 Å². The number of carbonyl (C=O) groups is 2. The summed E-state index contributed by atoms with van der Waals surface area (Å²) in [7, 11) is 0. The lowest BCUT2D eigenvalue weighted by atomic mass is 10.0. The number of nitrogens with one attached hydrogen (secondary N) is 1. The first-order chi connectivity index (χ1) is 15.3. The van der Waals surface area contributed by atoms with Gasteiger partial charge in [0.2, 0.25) is 0 Å². The molecule has 0 saturated carbocycles. The van der Waals surface area contributed by atoms with Crippen LogP contribution >= 0.6 is 12.2 Å². The van der Waals surface area contributed by atoms with E-state index in [0.717, 1.165) is 28.2 Å². The molecule has 2 heterocycles. The fraction of sp³-hybridized carbons (Fsp3) is 0.192. The molecule has 0 unspecified atom stereocenters. The number of aromatic nitrogens is 1. The van der Waals surface area contributed by atoms with Gasteiger partial charge in [0.05, 0.1) is 5.69 Å². The first-order valence-corrected chi connectivity index (χ1v) is 10.9. The van der Waals surface area contributed by atoms with E-state index in [4.69, 9.17) is 12.2 Å². The zero-order valence-corrected chi connectivity index (χ0v) is 19.4. The van der Waals surface area contributed by atoms with Crippen molar-refractivity contribution in [1.29, 1.82) is 0 Å². The molecule has 2 aromatic carbocycles. The van der Waals surface area contributed by atoms with Crippen molar-refractivity contribution in [2.75, 3.05) is 4.90 Å². The van der Waals surface area contributed by atoms with E-state index in [0.29, 0.717) is 11.6 Å². The summed E-state index contributed by atoms with van der Waals surface area (Å²) in [5.41, 5.74) is 5.65. The average Bonchev–Trinajstić information content (AvgIpc) is 3.04. The number of rotatable bonds is 4. The van der Waals surface area contributed by atoms with Gasteiger partial charge in [-0.2, -0.15) is 0 Å². The molecule has 6 heteroatoms. The molecule has 0 spiro atoms. The van der Waals surface area contributed by atoms with Gasteiger partial charge in [-0.05, 0) is 79.5 Å². The van der Waals surface area contributed by atoms with E-state index in [2.05, 4.69) is 23.7 Å². The third-order valence-electron chi connectivity index (χ3n) is 5.70. The predicted molar refractivity (Wildman–Crippen MR) is 132 cm³/mol. The smallest absolute Gasteiger partial charge is 0.270 e. The molecule has 4 rings (SSSR count). The number of carbonyl (C=O) groups excluding carboxylic acids is 2. The molecule has 0 aliphatic carbocycles. The SMILES string of the molecule is Cc1cc(/C=C2/C(=O)NC(=S)N(c3ccc(C(C)C)cc3)C2=O)c(C)n1-c1ccccc1. The minimum Gasteiger partial charge on any atom is -0.318 e. The number of hydrogen-bond donors (Lipinski definition) is 1. The van der Waals surface area contributed by atoms with Crippen LogP contribution in [0.3, 0.4) is 0 Å². The quantitative estimate of drug-likeness (QED) is 0.349. The Morgan fingerprint density at radius 3 is 2.22 bits per heavy atom. The number of para-hydroxylation sites is 1. The molecule has 1 aliphatic rings. The summed E-state index contributed by atoms with van der Waals surface area (Å²) < 4.78 is 2.10. The maximum atomic E-state index is 13.3. The largest absolute Gasteiger partial charge is 0.318 e. The average molecular weight is 444 g/mol. The summed E-state index contributed by atoms with van der Waals surface area (Å²) in [5, 5.41) is 2.75. The molecule has 0 atom stereocenters. The lowest BCUT2D eigenvalue weighted by molar-refractivity contribution is -0.122. The lowest BCUT2D eigenvalue weighted by Gasteiger charge is -2.29. The normalized spacial score (nSPS) is 15.6. The van der Waals surface area contributed by atoms with Crippen LogP contribution in [0.25, 0.3) is 11.8 Å². The van der Waals surface area contributed by atoms with Crippen molar-refractivity contribution in [2.45, 2.75) is 33.6 Å². The Hall–Kier alpha value is -3.51. The number of thiocarbonyl (C=S) groups is 1. The van der Waals surface area contributed by atoms with Crippen molar-refractivity contribution < 1.29 is 9.59 Å². The van der Waals surface area contributed by atoms with Gasteiger partial charge < -0.3 is 4.57 Å². The second-order valence-corrected chi connectivity index (χ2v) is 8.59. The van der Waals surface area contributed by atoms with Gasteiger partial charge in [0.1, 0.15) is 5.57 Å². The topological polar surface area (TPSA) is 54.3 Å². The van der Waals surface area contributed by atoms with Crippen LogP contribution in [0.1, 0.15) is 42.3 Å². The molecule has 1 aromatic heterocycles. The van der Waals surface area contributed by atoms with E-state index in [9.17, 15) is 9.59 Å². The van der Waals surface area contributed by atoms with E-state index < -0.39 is 11.8 Å². The summed E-state index contributed by atoms with van der Waals surface area (Å²) in [4.78, 5) is 27.4. The van der Waals surface area contributed by atoms with Crippen LogP contribution in [0.15, 0.2) is 66.2 Å². The zero-order chi connectivity index (χ0) is 23.0. The number of aryl methyl sites for hydroxylation is 1. The summed E-state index contributed by atoms with van der Waals surface area (Å²) in [5.74, 6) is -0.539. The Morgan fingerprint density at radius 1 is 0.938 bits per heavy atom. The lowest BCUT2D eigenvalue weighted by Crippen LogP contribution is -2.54. The highest BCUT2D eigenvalue weighted by Gasteiger charge is 2.34. The van der Waals surface area contributed by atoms with Gasteiger partial charge in [-0.25, -0.2) is 0 Å². The summed E-state index contributed by atoms with van der Waals surface area (Å²) in [6, 6.07) is 19.6. The van der Waals surface area contributed by atoms with Gasteiger partial charge in [0.25, 0.3) is 11.8 Å². The predicted octanol–water partition coefficient (Wildman–Crippen LogP) is 5.05. The van der Waals surface area contributed by atoms with Gasteiger partial charge in [-0.15, -0.1) is 0 Å². The number of hydrogen-bond acceptors (Lipinski definition) is 3. The van der Waals surface area contributed by atoms with Crippen LogP contribution in [-0.2, 0) is 9.59 Å². The Kier molecular flexibility index (Phi) is 5.80. The Bertz CT molecular complexity index is 1240. The van der Waals surface area contributed by atoms with Crippen molar-refractivity contribution in [3.63, 3.8) is 0 Å². The molecule has 1 aliphatic heterocycles. The Labute approximate surface area is 193 Å². The molecule has 3 aromatic rings. The molecular formula is C26H25N3O2S. The first-order valence-electron chi connectivity index (χ1n) is 10.5. The number of anilines is 1. The standard InChI is InChI=1S/C26H25N3O2S/c1-16(2)19-10-12-22(13-11-19)29-25(31)23(24(30)27-26(29)32)15-20-14-17(3)28(18(20)4)21-8-6-5-7-9-21/h5-16H,1-4H3,(H,27,30,32)/b23-15-. The number of amides is 2. The first kappa shape index (κ1) is 21.7. The highest BCUT2D eigenvalue weighted by molar-refractivity contribution is 7.80. The highest BCUT2D eigenvalue weighted by atomic mass is 32.1. The number of benzene rings is 2. The van der Waals surface area contributed by atoms with Crippen molar-refractivity contribution in [1.82, 2.24) is 9.88 Å². The minimum atomic E-state index is -0.487. The fourth-order valence-electron chi connectivity index (χ4n) is 3.96. The third-order valence-corrected chi connectivity index (χ3v) is 5.99.